The van der Waals surface area contributed by atoms with E-state index in [9.17, 15) is 0 Å². The minimum Gasteiger partial charge on any atom is -0.394 e. The maximum atomic E-state index is 9.12. The van der Waals surface area contributed by atoms with Gasteiger partial charge in [0.2, 0.25) is 0 Å². The van der Waals surface area contributed by atoms with E-state index in [1.165, 1.54) is 0 Å². The smallest absolute Gasteiger partial charge is 0.184 e. The average molecular weight is 181 g/mol. The summed E-state index contributed by atoms with van der Waals surface area (Å²) in [5.41, 5.74) is 0. The van der Waals surface area contributed by atoms with Gasteiger partial charge in [0.25, 0.3) is 0 Å². The highest BCUT2D eigenvalue weighted by molar-refractivity contribution is 4.87. The molecule has 1 aliphatic rings. The second kappa shape index (κ2) is 3.65. The van der Waals surface area contributed by atoms with Gasteiger partial charge in [0, 0.05) is 0 Å². The number of hydrogen-bond acceptors (Lipinski definition) is 6. The molecule has 1 saturated heterocycles. The van der Waals surface area contributed by atoms with Crippen molar-refractivity contribution in [3.05, 3.63) is 0 Å². The Balaban J connectivity index is 2.63. The highest BCUT2D eigenvalue weighted by atomic mass is 16.7. The van der Waals surface area contributed by atoms with Crippen LogP contribution in [-0.4, -0.2) is 62.8 Å². The Bertz CT molecular complexity index is 146. The van der Waals surface area contributed by atoms with Crippen LogP contribution in [0, 0.1) is 0 Å². The van der Waals surface area contributed by atoms with Crippen LogP contribution in [0.25, 0.3) is 0 Å². The Kier molecular flexibility index (Phi) is 2.99. The topological polar surface area (TPSA) is 110 Å². The minimum absolute atomic E-state index is 0.526. The average Bonchev–Trinajstić information content (AvgIpc) is 2.08. The van der Waals surface area contributed by atoms with Gasteiger partial charge in [0.15, 0.2) is 6.29 Å². The minimum atomic E-state index is -1.57. The lowest BCUT2D eigenvalue weighted by molar-refractivity contribution is -0.286. The Hall–Kier alpha value is -0.240. The first-order chi connectivity index (χ1) is 5.57. The number of rotatable bonds is 1. The quantitative estimate of drug-likeness (QED) is 0.272. The van der Waals surface area contributed by atoms with E-state index in [0.717, 1.165) is 0 Å². The van der Waals surface area contributed by atoms with Crippen molar-refractivity contribution in [1.82, 2.24) is 0 Å². The summed E-state index contributed by atoms with van der Waals surface area (Å²) in [6.07, 6.45) is -7.04. The molecule has 0 saturated carbocycles. The van der Waals surface area contributed by atoms with E-state index in [-0.39, 0.29) is 0 Å². The van der Waals surface area contributed by atoms with Gasteiger partial charge in [-0.15, -0.1) is 0 Å². The van der Waals surface area contributed by atoms with Crippen molar-refractivity contribution in [3.8, 4) is 0 Å². The predicted molar refractivity (Wildman–Crippen MR) is 36.0 cm³/mol. The molecule has 0 spiro atoms. The predicted octanol–water partition coefficient (Wildman–Crippen LogP) is -3.22. The molecule has 12 heavy (non-hydrogen) atoms. The molecule has 0 radical (unpaired) electrons. The maximum Gasteiger partial charge on any atom is 0.184 e. The molecule has 0 amide bonds. The van der Waals surface area contributed by atoms with E-state index in [1.807, 2.05) is 0 Å². The van der Waals surface area contributed by atoms with Crippen LogP contribution in [0.1, 0.15) is 0 Å². The first kappa shape index (κ1) is 9.85. The lowest BCUT2D eigenvalue weighted by atomic mass is 10.1. The molecular formula is C6H12O6. The summed E-state index contributed by atoms with van der Waals surface area (Å²) in [5.74, 6) is 0. The Morgan fingerprint density at radius 2 is 1.50 bits per heavy atom. The number of aliphatic hydroxyl groups excluding tert-OH is 5. The van der Waals surface area contributed by atoms with Crippen LogP contribution in [-0.2, 0) is 4.74 Å². The van der Waals surface area contributed by atoms with Crippen molar-refractivity contribution in [3.63, 3.8) is 0 Å². The number of hydrogen-bond donors (Lipinski definition) is 5. The third kappa shape index (κ3) is 1.58. The van der Waals surface area contributed by atoms with Gasteiger partial charge in [-0.25, -0.2) is 0 Å². The van der Waals surface area contributed by atoms with E-state index in [0.29, 0.717) is 0 Å². The summed E-state index contributed by atoms with van der Waals surface area (Å²) < 4.78 is 4.58. The number of aliphatic hydroxyl groups is 5. The van der Waals surface area contributed by atoms with Crippen LogP contribution in [0.15, 0.2) is 0 Å². The van der Waals surface area contributed by atoms with Gasteiger partial charge in [-0.3, -0.25) is 0 Å². The van der Waals surface area contributed by atoms with Crippen molar-refractivity contribution in [2.24, 2.45) is 0 Å². The van der Waals surface area contributed by atoms with Crippen LogP contribution < -0.4 is 0 Å². The molecule has 6 heteroatoms. The highest BCUT2D eigenvalue weighted by Gasteiger charge is 2.42. The fourth-order valence-electron chi connectivity index (χ4n) is 1.08. The molecule has 5 atom stereocenters. The van der Waals surface area contributed by atoms with Gasteiger partial charge in [-0.2, -0.15) is 0 Å². The number of ether oxygens (including phenoxy) is 1. The third-order valence-corrected chi connectivity index (χ3v) is 1.87. The van der Waals surface area contributed by atoms with Crippen molar-refractivity contribution < 1.29 is 30.3 Å². The fourth-order valence-corrected chi connectivity index (χ4v) is 1.08. The molecule has 1 fully saturated rings. The molecule has 1 rings (SSSR count). The van der Waals surface area contributed by atoms with Crippen LogP contribution in [0.3, 0.4) is 0 Å². The summed E-state index contributed by atoms with van der Waals surface area (Å²) in [4.78, 5) is 0. The Morgan fingerprint density at radius 1 is 0.917 bits per heavy atom. The third-order valence-electron chi connectivity index (χ3n) is 1.87. The van der Waals surface area contributed by atoms with Gasteiger partial charge in [0.1, 0.15) is 24.4 Å². The second-order valence-electron chi connectivity index (χ2n) is 2.72. The summed E-state index contributed by atoms with van der Waals surface area (Å²) in [5, 5.41) is 44.7. The lowest BCUT2D eigenvalue weighted by Gasteiger charge is -2.37. The summed E-state index contributed by atoms with van der Waals surface area (Å²) >= 11 is 0. The zero-order valence-electron chi connectivity index (χ0n) is 6.24. The van der Waals surface area contributed by atoms with Crippen molar-refractivity contribution >= 4 is 0 Å². The van der Waals surface area contributed by atoms with E-state index in [4.69, 9.17) is 25.5 Å². The maximum absolute atomic E-state index is 9.12. The highest BCUT2D eigenvalue weighted by Crippen LogP contribution is 2.18. The molecule has 0 aromatic rings. The molecule has 0 bridgehead atoms. The molecule has 72 valence electrons. The van der Waals surface area contributed by atoms with Gasteiger partial charge >= 0.3 is 0 Å². The van der Waals surface area contributed by atoms with Gasteiger partial charge in [0.05, 0.1) is 6.61 Å². The van der Waals surface area contributed by atoms with Gasteiger partial charge < -0.3 is 30.3 Å². The summed E-state index contributed by atoms with van der Waals surface area (Å²) in [6, 6.07) is 0. The molecule has 0 aromatic heterocycles. The first-order valence-electron chi connectivity index (χ1n) is 3.56. The van der Waals surface area contributed by atoms with Crippen LogP contribution in [0.5, 0.6) is 0 Å². The van der Waals surface area contributed by atoms with E-state index in [2.05, 4.69) is 4.74 Å². The van der Waals surface area contributed by atoms with Crippen LogP contribution in [0.4, 0.5) is 0 Å². The normalized spacial score (nSPS) is 49.2. The molecule has 1 unspecified atom stereocenters. The van der Waals surface area contributed by atoms with E-state index >= 15 is 0 Å². The second-order valence-corrected chi connectivity index (χ2v) is 2.72. The standard InChI is InChI=1S/C6H12O6/c7-1-2-3(8)4(9)5(10)6(11)12-2/h2-11H,1H2/t2-,3-,4+,5-,6?/m1/s1/i2+1. The summed E-state index contributed by atoms with van der Waals surface area (Å²) in [7, 11) is 0. The summed E-state index contributed by atoms with van der Waals surface area (Å²) in [6.45, 7) is -0.526. The molecule has 6 nitrogen and oxygen atoms in total. The Labute approximate surface area is 68.6 Å². The largest absolute Gasteiger partial charge is 0.394 e. The lowest BCUT2D eigenvalue weighted by Crippen LogP contribution is -2.58. The van der Waals surface area contributed by atoms with Gasteiger partial charge in [-0.1, -0.05) is 0 Å². The van der Waals surface area contributed by atoms with Gasteiger partial charge in [-0.05, 0) is 0 Å². The zero-order valence-corrected chi connectivity index (χ0v) is 6.24. The molecule has 1 heterocycles. The first-order valence-corrected chi connectivity index (χ1v) is 3.56. The molecule has 0 aliphatic carbocycles. The molecule has 1 aliphatic heterocycles. The van der Waals surface area contributed by atoms with Crippen LogP contribution in [0.2, 0.25) is 0 Å². The zero-order chi connectivity index (χ0) is 9.30. The fraction of sp³-hybridized carbons (Fsp3) is 1.00. The molecule has 5 N–H and O–H groups in total. The van der Waals surface area contributed by atoms with E-state index in [1.54, 1.807) is 0 Å². The monoisotopic (exact) mass is 181 g/mol. The van der Waals surface area contributed by atoms with E-state index < -0.39 is 37.3 Å². The Morgan fingerprint density at radius 3 is 2.00 bits per heavy atom. The van der Waals surface area contributed by atoms with Crippen molar-refractivity contribution in [2.45, 2.75) is 30.7 Å². The van der Waals surface area contributed by atoms with Crippen molar-refractivity contribution in [1.29, 1.82) is 0 Å². The SMILES string of the molecule is OC[13C@H]1OC(O)[C@H](O)[C@@H](O)[C@@H]1O. The van der Waals surface area contributed by atoms with Crippen molar-refractivity contribution in [2.75, 3.05) is 6.61 Å². The molecule has 0 aromatic carbocycles. The molecular weight excluding hydrogens is 169 g/mol. The van der Waals surface area contributed by atoms with Crippen LogP contribution >= 0.6 is 0 Å².